The van der Waals surface area contributed by atoms with E-state index in [1.165, 1.54) is 12.3 Å². The van der Waals surface area contributed by atoms with Crippen molar-refractivity contribution in [2.75, 3.05) is 4.72 Å². The first kappa shape index (κ1) is 12.3. The highest BCUT2D eigenvalue weighted by atomic mass is 35.5. The lowest BCUT2D eigenvalue weighted by Gasteiger charge is -2.20. The molecule has 1 N–H and O–H groups in total. The summed E-state index contributed by atoms with van der Waals surface area (Å²) in [7, 11) is -3.40. The van der Waals surface area contributed by atoms with Crippen LogP contribution in [0.5, 0.6) is 0 Å². The number of halogens is 1. The zero-order chi connectivity index (χ0) is 11.7. The Morgan fingerprint density at radius 1 is 1.33 bits per heavy atom. The quantitative estimate of drug-likeness (QED) is 0.817. The number of nitrogens with one attached hydrogen (secondary N) is 1. The summed E-state index contributed by atoms with van der Waals surface area (Å²) in [5.41, 5.74) is 0.411. The van der Waals surface area contributed by atoms with Crippen LogP contribution in [-0.2, 0) is 10.0 Å². The van der Waals surface area contributed by atoms with E-state index in [1.54, 1.807) is 26.8 Å². The lowest BCUT2D eigenvalue weighted by Crippen LogP contribution is -2.33. The van der Waals surface area contributed by atoms with E-state index < -0.39 is 14.8 Å². The molecule has 0 aliphatic carbocycles. The van der Waals surface area contributed by atoms with Crippen LogP contribution in [0.2, 0.25) is 5.15 Å². The van der Waals surface area contributed by atoms with Crippen LogP contribution in [0.25, 0.3) is 0 Å². The summed E-state index contributed by atoms with van der Waals surface area (Å²) in [6, 6.07) is 3.10. The topological polar surface area (TPSA) is 59.1 Å². The minimum absolute atomic E-state index is 0.328. The summed E-state index contributed by atoms with van der Waals surface area (Å²) >= 11 is 5.58. The second-order valence-electron chi connectivity index (χ2n) is 4.09. The minimum atomic E-state index is -3.40. The average Bonchev–Trinajstić information content (AvgIpc) is 2.06. The third-order valence-electron chi connectivity index (χ3n) is 1.79. The molecule has 0 saturated heterocycles. The smallest absolute Gasteiger partial charge is 0.237 e. The first-order valence-corrected chi connectivity index (χ1v) is 6.22. The van der Waals surface area contributed by atoms with E-state index in [-0.39, 0.29) is 0 Å². The molecule has 15 heavy (non-hydrogen) atoms. The highest BCUT2D eigenvalue weighted by Gasteiger charge is 2.28. The molecule has 0 saturated carbocycles. The third kappa shape index (κ3) is 3.07. The molecule has 4 nitrogen and oxygen atoms in total. The van der Waals surface area contributed by atoms with E-state index >= 15 is 0 Å². The fourth-order valence-electron chi connectivity index (χ4n) is 0.744. The van der Waals surface area contributed by atoms with Gasteiger partial charge < -0.3 is 0 Å². The Labute approximate surface area is 94.7 Å². The second kappa shape index (κ2) is 3.98. The van der Waals surface area contributed by atoms with Crippen LogP contribution in [0.15, 0.2) is 18.3 Å². The van der Waals surface area contributed by atoms with Gasteiger partial charge in [0.25, 0.3) is 0 Å². The van der Waals surface area contributed by atoms with Crippen molar-refractivity contribution in [2.45, 2.75) is 25.5 Å². The molecule has 6 heteroatoms. The summed E-state index contributed by atoms with van der Waals surface area (Å²) in [6.45, 7) is 4.87. The van der Waals surface area contributed by atoms with Crippen molar-refractivity contribution in [1.82, 2.24) is 4.98 Å². The lowest BCUT2D eigenvalue weighted by atomic mass is 10.3. The van der Waals surface area contributed by atoms with Gasteiger partial charge in [0, 0.05) is 0 Å². The van der Waals surface area contributed by atoms with Gasteiger partial charge in [0.1, 0.15) is 5.15 Å². The Balaban J connectivity index is 2.93. The largest absolute Gasteiger partial charge is 0.282 e. The van der Waals surface area contributed by atoms with Crippen molar-refractivity contribution in [2.24, 2.45) is 0 Å². The zero-order valence-corrected chi connectivity index (χ0v) is 10.4. The van der Waals surface area contributed by atoms with Crippen LogP contribution in [0.3, 0.4) is 0 Å². The molecule has 1 rings (SSSR count). The molecule has 0 aliphatic heterocycles. The molecular formula is C9H13ClN2O2S. The highest BCUT2D eigenvalue weighted by molar-refractivity contribution is 7.94. The third-order valence-corrected chi connectivity index (χ3v) is 4.13. The maximum Gasteiger partial charge on any atom is 0.237 e. The summed E-state index contributed by atoms with van der Waals surface area (Å²) < 4.78 is 25.1. The first-order chi connectivity index (χ1) is 6.72. The van der Waals surface area contributed by atoms with Crippen LogP contribution in [-0.4, -0.2) is 18.1 Å². The molecule has 1 aromatic heterocycles. The van der Waals surface area contributed by atoms with Crippen molar-refractivity contribution in [3.8, 4) is 0 Å². The lowest BCUT2D eigenvalue weighted by molar-refractivity contribution is 0.566. The van der Waals surface area contributed by atoms with Crippen LogP contribution < -0.4 is 4.72 Å². The Morgan fingerprint density at radius 2 is 1.93 bits per heavy atom. The van der Waals surface area contributed by atoms with E-state index in [0.29, 0.717) is 10.8 Å². The number of hydrogen-bond acceptors (Lipinski definition) is 3. The zero-order valence-electron chi connectivity index (χ0n) is 8.78. The first-order valence-electron chi connectivity index (χ1n) is 4.36. The SMILES string of the molecule is CC(C)(C)S(=O)(=O)Nc1ccc(Cl)nc1. The second-order valence-corrected chi connectivity index (χ2v) is 6.91. The van der Waals surface area contributed by atoms with Gasteiger partial charge in [-0.05, 0) is 32.9 Å². The van der Waals surface area contributed by atoms with E-state index in [4.69, 9.17) is 11.6 Å². The molecule has 1 aromatic rings. The van der Waals surface area contributed by atoms with Crippen molar-refractivity contribution >= 4 is 27.3 Å². The van der Waals surface area contributed by atoms with Crippen LogP contribution in [0.4, 0.5) is 5.69 Å². The standard InChI is InChI=1S/C9H13ClN2O2S/c1-9(2,3)15(13,14)12-7-4-5-8(10)11-6-7/h4-6,12H,1-3H3. The van der Waals surface area contributed by atoms with Crippen LogP contribution in [0.1, 0.15) is 20.8 Å². The highest BCUT2D eigenvalue weighted by Crippen LogP contribution is 2.19. The Morgan fingerprint density at radius 3 is 2.33 bits per heavy atom. The van der Waals surface area contributed by atoms with Gasteiger partial charge in [-0.2, -0.15) is 0 Å². The molecule has 1 heterocycles. The molecular weight excluding hydrogens is 236 g/mol. The fourth-order valence-corrected chi connectivity index (χ4v) is 1.59. The van der Waals surface area contributed by atoms with Gasteiger partial charge in [-0.25, -0.2) is 13.4 Å². The number of anilines is 1. The van der Waals surface area contributed by atoms with Gasteiger partial charge >= 0.3 is 0 Å². The number of pyridine rings is 1. The Kier molecular flexibility index (Phi) is 3.25. The number of sulfonamides is 1. The van der Waals surface area contributed by atoms with Gasteiger partial charge in [-0.3, -0.25) is 4.72 Å². The Bertz CT molecular complexity index is 434. The van der Waals surface area contributed by atoms with E-state index in [2.05, 4.69) is 9.71 Å². The Hall–Kier alpha value is -0.810. The predicted molar refractivity (Wildman–Crippen MR) is 61.5 cm³/mol. The van der Waals surface area contributed by atoms with Crippen molar-refractivity contribution in [3.05, 3.63) is 23.5 Å². The molecule has 0 aromatic carbocycles. The maximum atomic E-state index is 11.7. The molecule has 0 bridgehead atoms. The van der Waals surface area contributed by atoms with Gasteiger partial charge in [0.15, 0.2) is 0 Å². The molecule has 0 aliphatic rings. The summed E-state index contributed by atoms with van der Waals surface area (Å²) in [4.78, 5) is 3.78. The molecule has 0 spiro atoms. The van der Waals surface area contributed by atoms with Crippen molar-refractivity contribution < 1.29 is 8.42 Å². The van der Waals surface area contributed by atoms with Gasteiger partial charge in [-0.1, -0.05) is 11.6 Å². The number of rotatable bonds is 2. The van der Waals surface area contributed by atoms with Crippen molar-refractivity contribution in [1.29, 1.82) is 0 Å². The van der Waals surface area contributed by atoms with Crippen LogP contribution >= 0.6 is 11.6 Å². The molecule has 0 unspecified atom stereocenters. The van der Waals surface area contributed by atoms with Crippen LogP contribution in [0, 0.1) is 0 Å². The normalized spacial score (nSPS) is 12.5. The average molecular weight is 249 g/mol. The monoisotopic (exact) mass is 248 g/mol. The fraction of sp³-hybridized carbons (Fsp3) is 0.444. The molecule has 84 valence electrons. The molecule has 0 fully saturated rings. The molecule has 0 radical (unpaired) electrons. The number of aromatic nitrogens is 1. The predicted octanol–water partition coefficient (Wildman–Crippen LogP) is 2.28. The van der Waals surface area contributed by atoms with E-state index in [9.17, 15) is 8.42 Å². The molecule has 0 atom stereocenters. The number of hydrogen-bond donors (Lipinski definition) is 1. The van der Waals surface area contributed by atoms with Gasteiger partial charge in [0.2, 0.25) is 10.0 Å². The summed E-state index contributed by atoms with van der Waals surface area (Å²) in [5.74, 6) is 0. The van der Waals surface area contributed by atoms with E-state index in [0.717, 1.165) is 0 Å². The van der Waals surface area contributed by atoms with Gasteiger partial charge in [0.05, 0.1) is 16.6 Å². The summed E-state index contributed by atoms with van der Waals surface area (Å²) in [6.07, 6.45) is 1.38. The number of nitrogens with zero attached hydrogens (tertiary/aromatic N) is 1. The maximum absolute atomic E-state index is 11.7. The van der Waals surface area contributed by atoms with E-state index in [1.807, 2.05) is 0 Å². The summed E-state index contributed by atoms with van der Waals surface area (Å²) in [5, 5.41) is 0.328. The minimum Gasteiger partial charge on any atom is -0.282 e. The molecule has 0 amide bonds. The van der Waals surface area contributed by atoms with Gasteiger partial charge in [-0.15, -0.1) is 0 Å². The van der Waals surface area contributed by atoms with Crippen molar-refractivity contribution in [3.63, 3.8) is 0 Å².